The number of rotatable bonds is 6. The minimum atomic E-state index is -0.981. The summed E-state index contributed by atoms with van der Waals surface area (Å²) in [6.07, 6.45) is 2.17. The van der Waals surface area contributed by atoms with E-state index in [1.807, 2.05) is 6.07 Å². The summed E-state index contributed by atoms with van der Waals surface area (Å²) in [7, 11) is 0. The number of benzene rings is 2. The fraction of sp³-hybridized carbons (Fsp3) is 0.136. The van der Waals surface area contributed by atoms with Gasteiger partial charge in [-0.3, -0.25) is 0 Å². The van der Waals surface area contributed by atoms with Crippen LogP contribution in [-0.4, -0.2) is 16.1 Å². The molecule has 1 heterocycles. The average Bonchev–Trinajstić information content (AvgIpc) is 3.57. The Morgan fingerprint density at radius 1 is 1.21 bits per heavy atom. The normalized spacial score (nSPS) is 13.0. The molecule has 1 aliphatic rings. The van der Waals surface area contributed by atoms with Gasteiger partial charge in [-0.25, -0.2) is 9.78 Å². The van der Waals surface area contributed by atoms with Crippen molar-refractivity contribution in [2.24, 2.45) is 0 Å². The van der Waals surface area contributed by atoms with Crippen molar-refractivity contribution in [2.75, 3.05) is 4.72 Å². The molecule has 144 valence electrons. The highest BCUT2D eigenvalue weighted by Gasteiger charge is 2.27. The van der Waals surface area contributed by atoms with Crippen molar-refractivity contribution in [3.63, 3.8) is 0 Å². The van der Waals surface area contributed by atoms with E-state index in [4.69, 9.17) is 0 Å². The first kappa shape index (κ1) is 19.0. The summed E-state index contributed by atoms with van der Waals surface area (Å²) in [5.41, 5.74) is 3.48. The van der Waals surface area contributed by atoms with E-state index in [0.717, 1.165) is 23.3 Å². The van der Waals surface area contributed by atoms with Crippen molar-refractivity contribution in [1.29, 1.82) is 5.26 Å². The maximum Gasteiger partial charge on any atom is 0.335 e. The van der Waals surface area contributed by atoms with E-state index in [1.54, 1.807) is 42.5 Å². The van der Waals surface area contributed by atoms with Crippen LogP contribution >= 0.6 is 11.9 Å². The predicted molar refractivity (Wildman–Crippen MR) is 109 cm³/mol. The second-order valence-electron chi connectivity index (χ2n) is 6.75. The number of anilines is 1. The molecule has 7 heteroatoms. The van der Waals surface area contributed by atoms with Gasteiger partial charge in [0.25, 0.3) is 0 Å². The van der Waals surface area contributed by atoms with E-state index < -0.39 is 11.9 Å². The van der Waals surface area contributed by atoms with E-state index in [1.165, 1.54) is 18.0 Å². The van der Waals surface area contributed by atoms with Gasteiger partial charge in [0, 0.05) is 10.5 Å². The number of halogens is 1. The molecule has 0 unspecified atom stereocenters. The maximum absolute atomic E-state index is 13.6. The number of aromatic nitrogens is 1. The summed E-state index contributed by atoms with van der Waals surface area (Å²) >= 11 is 1.29. The zero-order valence-electron chi connectivity index (χ0n) is 15.2. The van der Waals surface area contributed by atoms with Crippen LogP contribution in [0.3, 0.4) is 0 Å². The van der Waals surface area contributed by atoms with Crippen molar-refractivity contribution in [3.8, 4) is 17.3 Å². The summed E-state index contributed by atoms with van der Waals surface area (Å²) < 4.78 is 16.8. The van der Waals surface area contributed by atoms with Crippen LogP contribution in [0.15, 0.2) is 59.5 Å². The number of hydrogen-bond donors (Lipinski definition) is 2. The third-order valence-electron chi connectivity index (χ3n) is 4.69. The molecule has 1 aliphatic carbocycles. The Labute approximate surface area is 171 Å². The molecule has 5 nitrogen and oxygen atoms in total. The van der Waals surface area contributed by atoms with Crippen molar-refractivity contribution in [3.05, 3.63) is 77.2 Å². The van der Waals surface area contributed by atoms with Gasteiger partial charge in [-0.15, -0.1) is 0 Å². The molecule has 0 spiro atoms. The van der Waals surface area contributed by atoms with Gasteiger partial charge in [-0.2, -0.15) is 9.65 Å². The van der Waals surface area contributed by atoms with E-state index in [9.17, 15) is 19.6 Å². The average molecular weight is 405 g/mol. The predicted octanol–water partition coefficient (Wildman–Crippen LogP) is 5.45. The number of nitriles is 1. The number of nitrogens with one attached hydrogen (secondary N) is 1. The van der Waals surface area contributed by atoms with Gasteiger partial charge >= 0.3 is 5.97 Å². The monoisotopic (exact) mass is 405 g/mol. The molecule has 29 heavy (non-hydrogen) atoms. The molecular formula is C22H16FN3O2S. The first-order chi connectivity index (χ1) is 14.0. The number of carboxylic acids is 1. The Bertz CT molecular complexity index is 1140. The summed E-state index contributed by atoms with van der Waals surface area (Å²) in [4.78, 5) is 16.1. The van der Waals surface area contributed by atoms with E-state index in [0.29, 0.717) is 28.4 Å². The lowest BCUT2D eigenvalue weighted by Gasteiger charge is -2.14. The molecule has 0 radical (unpaired) electrons. The van der Waals surface area contributed by atoms with Crippen molar-refractivity contribution in [2.45, 2.75) is 23.7 Å². The lowest BCUT2D eigenvalue weighted by Crippen LogP contribution is -2.00. The maximum atomic E-state index is 13.6. The van der Waals surface area contributed by atoms with Gasteiger partial charge < -0.3 is 9.83 Å². The molecule has 0 aliphatic heterocycles. The molecule has 0 bridgehead atoms. The molecule has 0 atom stereocenters. The fourth-order valence-corrected chi connectivity index (χ4v) is 4.00. The highest BCUT2D eigenvalue weighted by molar-refractivity contribution is 8.00. The zero-order valence-corrected chi connectivity index (χ0v) is 16.0. The Morgan fingerprint density at radius 3 is 2.72 bits per heavy atom. The van der Waals surface area contributed by atoms with Crippen LogP contribution in [-0.2, 0) is 0 Å². The minimum Gasteiger partial charge on any atom is -0.478 e. The molecular weight excluding hydrogens is 389 g/mol. The van der Waals surface area contributed by atoms with Gasteiger partial charge in [0.05, 0.1) is 28.6 Å². The third kappa shape index (κ3) is 4.23. The van der Waals surface area contributed by atoms with Gasteiger partial charge in [0.15, 0.2) is 0 Å². The van der Waals surface area contributed by atoms with Crippen LogP contribution < -0.4 is 4.72 Å². The summed E-state index contributed by atoms with van der Waals surface area (Å²) in [6, 6.07) is 16.8. The highest BCUT2D eigenvalue weighted by atomic mass is 32.2. The van der Waals surface area contributed by atoms with Crippen molar-refractivity contribution < 1.29 is 14.3 Å². The summed E-state index contributed by atoms with van der Waals surface area (Å²) in [6.45, 7) is 0. The quantitative estimate of drug-likeness (QED) is 0.419. The van der Waals surface area contributed by atoms with Crippen molar-refractivity contribution >= 4 is 23.6 Å². The minimum absolute atomic E-state index is 0.219. The van der Waals surface area contributed by atoms with E-state index in [2.05, 4.69) is 15.8 Å². The van der Waals surface area contributed by atoms with Crippen LogP contribution in [0.25, 0.3) is 11.3 Å². The lowest BCUT2D eigenvalue weighted by atomic mass is 10.1. The SMILES string of the molecule is N#Cc1ccc(-c2cccc(F)n2)c(NSc2cc(C(=O)O)ccc2C2CC2)c1. The molecule has 4 rings (SSSR count). The second-order valence-corrected chi connectivity index (χ2v) is 7.60. The number of aromatic carboxylic acids is 1. The molecule has 2 aromatic carbocycles. The topological polar surface area (TPSA) is 86.0 Å². The molecule has 0 saturated heterocycles. The van der Waals surface area contributed by atoms with Crippen molar-refractivity contribution in [1.82, 2.24) is 4.98 Å². The number of nitrogens with zero attached hydrogens (tertiary/aromatic N) is 2. The van der Waals surface area contributed by atoms with Crippen LogP contribution in [0.1, 0.15) is 40.2 Å². The van der Waals surface area contributed by atoms with Crippen LogP contribution in [0.4, 0.5) is 10.1 Å². The molecule has 1 saturated carbocycles. The van der Waals surface area contributed by atoms with Gasteiger partial charge in [0.1, 0.15) is 0 Å². The number of pyridine rings is 1. The third-order valence-corrected chi connectivity index (χ3v) is 5.58. The summed E-state index contributed by atoms with van der Waals surface area (Å²) in [5, 5.41) is 18.6. The first-order valence-corrected chi connectivity index (χ1v) is 9.84. The van der Waals surface area contributed by atoms with Crippen LogP contribution in [0.2, 0.25) is 0 Å². The van der Waals surface area contributed by atoms with Gasteiger partial charge in [0.2, 0.25) is 5.95 Å². The van der Waals surface area contributed by atoms with E-state index >= 15 is 0 Å². The molecule has 1 fully saturated rings. The first-order valence-electron chi connectivity index (χ1n) is 9.02. The smallest absolute Gasteiger partial charge is 0.335 e. The Hall–Kier alpha value is -3.37. The Balaban J connectivity index is 1.69. The number of carboxylic acid groups (broad SMARTS) is 1. The zero-order chi connectivity index (χ0) is 20.4. The molecule has 2 N–H and O–H groups in total. The van der Waals surface area contributed by atoms with Crippen LogP contribution in [0.5, 0.6) is 0 Å². The van der Waals surface area contributed by atoms with Gasteiger partial charge in [-0.1, -0.05) is 12.1 Å². The number of hydrogen-bond acceptors (Lipinski definition) is 5. The molecule has 0 amide bonds. The Morgan fingerprint density at radius 2 is 2.03 bits per heavy atom. The lowest BCUT2D eigenvalue weighted by molar-refractivity contribution is 0.0696. The summed E-state index contributed by atoms with van der Waals surface area (Å²) in [5.74, 6) is -1.13. The molecule has 3 aromatic rings. The highest BCUT2D eigenvalue weighted by Crippen LogP contribution is 2.45. The number of carbonyl (C=O) groups is 1. The van der Waals surface area contributed by atoms with Gasteiger partial charge in [-0.05, 0) is 78.7 Å². The largest absolute Gasteiger partial charge is 0.478 e. The fourth-order valence-electron chi connectivity index (χ4n) is 3.08. The Kier molecular flexibility index (Phi) is 5.19. The van der Waals surface area contributed by atoms with E-state index in [-0.39, 0.29) is 5.56 Å². The van der Waals surface area contributed by atoms with Crippen LogP contribution in [0, 0.1) is 17.3 Å². The standard InChI is InChI=1S/C22H16FN3O2S/c23-21-3-1-2-18(25-21)17-8-4-13(12-24)10-19(17)26-29-20-11-15(22(27)28)7-9-16(20)14-5-6-14/h1-4,7-11,14,26H,5-6H2,(H,27,28). The molecule has 1 aromatic heterocycles. The second kappa shape index (κ2) is 7.94.